The first-order valence-corrected chi connectivity index (χ1v) is 16.5. The second-order valence-corrected chi connectivity index (χ2v) is 14.1. The van der Waals surface area contributed by atoms with Crippen molar-refractivity contribution in [2.75, 3.05) is 42.9 Å². The Kier molecular flexibility index (Phi) is 8.31. The smallest absolute Gasteiger partial charge is 0.407 e. The van der Waals surface area contributed by atoms with E-state index in [1.54, 1.807) is 12.5 Å². The van der Waals surface area contributed by atoms with Crippen molar-refractivity contribution in [2.45, 2.75) is 70.2 Å². The molecule has 0 unspecified atom stereocenters. The number of hydrogen-bond acceptors (Lipinski definition) is 9. The van der Waals surface area contributed by atoms with E-state index in [0.717, 1.165) is 79.2 Å². The highest BCUT2D eigenvalue weighted by molar-refractivity contribution is 6.03. The van der Waals surface area contributed by atoms with Gasteiger partial charge in [0, 0.05) is 61.9 Å². The number of aromatic nitrogens is 4. The van der Waals surface area contributed by atoms with Gasteiger partial charge in [-0.25, -0.2) is 14.8 Å². The summed E-state index contributed by atoms with van der Waals surface area (Å²) in [4.78, 5) is 47.0. The number of alkyl carbamates (subject to hydrolysis) is 1. The molecule has 47 heavy (non-hydrogen) atoms. The molecule has 0 bridgehead atoms. The first-order chi connectivity index (χ1) is 22.6. The Morgan fingerprint density at radius 2 is 1.89 bits per heavy atom. The molecule has 3 aliphatic rings. The number of piperidine rings is 1. The number of anilines is 2. The zero-order chi connectivity index (χ0) is 32.6. The predicted molar refractivity (Wildman–Crippen MR) is 181 cm³/mol. The maximum absolute atomic E-state index is 13.2. The normalized spacial score (nSPS) is 19.5. The average molecular weight is 638 g/mol. The predicted octanol–water partition coefficient (Wildman–Crippen LogP) is 4.70. The van der Waals surface area contributed by atoms with Crippen molar-refractivity contribution in [2.24, 2.45) is 0 Å². The monoisotopic (exact) mass is 637 g/mol. The average Bonchev–Trinajstić information content (AvgIpc) is 3.62. The van der Waals surface area contributed by atoms with Crippen LogP contribution < -0.4 is 20.9 Å². The number of ether oxygens (including phenoxy) is 1. The van der Waals surface area contributed by atoms with Crippen LogP contribution in [0.2, 0.25) is 0 Å². The summed E-state index contributed by atoms with van der Waals surface area (Å²) < 4.78 is 5.43. The van der Waals surface area contributed by atoms with E-state index >= 15 is 0 Å². The molecular formula is C35H43N9O3. The molecule has 1 aliphatic carbocycles. The highest BCUT2D eigenvalue weighted by Crippen LogP contribution is 2.39. The molecule has 1 saturated carbocycles. The van der Waals surface area contributed by atoms with Crippen LogP contribution in [0, 0.1) is 0 Å². The van der Waals surface area contributed by atoms with Crippen LogP contribution in [0.1, 0.15) is 62.5 Å². The highest BCUT2D eigenvalue weighted by atomic mass is 16.6. The standard InChI is InChI=1S/C35H43N9O3/c1-34(2,3)47-33(46)41-26-5-4-15-43(20-26)19-23-10-13-36-29(17-23)32(45)40-25-8-6-24(7-9-25)28-18-27-30(42-28)37-22-38-31(27)44-16-14-39-35(21-44)11-12-35/h6-10,13,17-18,22,26,39H,4-5,11-12,14-16,19-21H2,1-3H3,(H,40,45)(H,41,46)(H,37,38,42)/t26-/m1/s1. The van der Waals surface area contributed by atoms with Crippen LogP contribution in [0.25, 0.3) is 22.3 Å². The van der Waals surface area contributed by atoms with Gasteiger partial charge in [0.2, 0.25) is 0 Å². The topological polar surface area (TPSA) is 140 Å². The number of nitrogens with one attached hydrogen (secondary N) is 4. The number of rotatable bonds is 7. The Morgan fingerprint density at radius 1 is 1.06 bits per heavy atom. The number of benzene rings is 1. The molecule has 1 spiro atoms. The minimum Gasteiger partial charge on any atom is -0.444 e. The van der Waals surface area contributed by atoms with Crippen molar-refractivity contribution in [1.82, 2.24) is 35.5 Å². The van der Waals surface area contributed by atoms with Crippen molar-refractivity contribution in [3.63, 3.8) is 0 Å². The van der Waals surface area contributed by atoms with Gasteiger partial charge in [-0.15, -0.1) is 0 Å². The van der Waals surface area contributed by atoms with Crippen LogP contribution in [-0.4, -0.2) is 86.7 Å². The molecule has 1 atom stereocenters. The van der Waals surface area contributed by atoms with Crippen molar-refractivity contribution in [3.05, 3.63) is 66.2 Å². The summed E-state index contributed by atoms with van der Waals surface area (Å²) in [5, 5.41) is 10.7. The quantitative estimate of drug-likeness (QED) is 0.227. The Labute approximate surface area is 274 Å². The Morgan fingerprint density at radius 3 is 2.68 bits per heavy atom. The molecule has 3 aromatic heterocycles. The van der Waals surface area contributed by atoms with Crippen LogP contribution in [0.3, 0.4) is 0 Å². The molecule has 2 amide bonds. The summed E-state index contributed by atoms with van der Waals surface area (Å²) in [6.45, 7) is 10.7. The van der Waals surface area contributed by atoms with Gasteiger partial charge in [-0.3, -0.25) is 14.7 Å². The fraction of sp³-hybridized carbons (Fsp3) is 0.457. The molecule has 4 N–H and O–H groups in total. The molecule has 12 heteroatoms. The van der Waals surface area contributed by atoms with E-state index in [1.165, 1.54) is 12.8 Å². The summed E-state index contributed by atoms with van der Waals surface area (Å²) in [5.41, 5.74) is 4.52. The largest absolute Gasteiger partial charge is 0.444 e. The van der Waals surface area contributed by atoms with Gasteiger partial charge in [-0.2, -0.15) is 0 Å². The van der Waals surface area contributed by atoms with Gasteiger partial charge in [-0.05, 0) is 94.5 Å². The number of pyridine rings is 1. The fourth-order valence-electron chi connectivity index (χ4n) is 6.63. The fourth-order valence-corrected chi connectivity index (χ4v) is 6.63. The van der Waals surface area contributed by atoms with Crippen LogP contribution in [-0.2, 0) is 11.3 Å². The van der Waals surface area contributed by atoms with Crippen molar-refractivity contribution in [3.8, 4) is 11.3 Å². The lowest BCUT2D eigenvalue weighted by atomic mass is 10.0. The lowest BCUT2D eigenvalue weighted by Gasteiger charge is -2.35. The molecule has 3 fully saturated rings. The lowest BCUT2D eigenvalue weighted by Crippen LogP contribution is -2.52. The highest BCUT2D eigenvalue weighted by Gasteiger charge is 2.46. The third-order valence-electron chi connectivity index (χ3n) is 9.08. The van der Waals surface area contributed by atoms with E-state index in [2.05, 4.69) is 51.8 Å². The molecule has 7 rings (SSSR count). The Hall–Kier alpha value is -4.55. The number of amides is 2. The number of carbonyl (C=O) groups is 2. The minimum atomic E-state index is -0.531. The van der Waals surface area contributed by atoms with Crippen LogP contribution in [0.4, 0.5) is 16.3 Å². The van der Waals surface area contributed by atoms with Gasteiger partial charge in [0.1, 0.15) is 29.1 Å². The molecule has 246 valence electrons. The van der Waals surface area contributed by atoms with Crippen molar-refractivity contribution >= 4 is 34.5 Å². The van der Waals surface area contributed by atoms with Crippen LogP contribution >= 0.6 is 0 Å². The number of H-pyrrole nitrogens is 1. The van der Waals surface area contributed by atoms with Crippen LogP contribution in [0.5, 0.6) is 0 Å². The zero-order valence-corrected chi connectivity index (χ0v) is 27.3. The van der Waals surface area contributed by atoms with E-state index in [-0.39, 0.29) is 23.6 Å². The number of piperazine rings is 1. The summed E-state index contributed by atoms with van der Waals surface area (Å²) in [6, 6.07) is 13.7. The van der Waals surface area contributed by atoms with E-state index in [0.29, 0.717) is 17.9 Å². The number of aromatic amines is 1. The van der Waals surface area contributed by atoms with Gasteiger partial charge in [0.05, 0.1) is 5.39 Å². The first-order valence-electron chi connectivity index (χ1n) is 16.5. The maximum Gasteiger partial charge on any atom is 0.407 e. The van der Waals surface area contributed by atoms with Gasteiger partial charge in [-0.1, -0.05) is 12.1 Å². The number of carbonyl (C=O) groups excluding carboxylic acids is 2. The van der Waals surface area contributed by atoms with E-state index < -0.39 is 5.60 Å². The van der Waals surface area contributed by atoms with Gasteiger partial charge >= 0.3 is 6.09 Å². The van der Waals surface area contributed by atoms with Gasteiger partial charge in [0.15, 0.2) is 0 Å². The SMILES string of the molecule is CC(C)(C)OC(=O)N[C@@H]1CCCN(Cc2ccnc(C(=O)Nc3ccc(-c4cc5c(N6CCNC7(CC7)C6)ncnc5[nH]4)cc3)c2)C1. The molecule has 4 aromatic rings. The minimum absolute atomic E-state index is 0.0209. The molecular weight excluding hydrogens is 594 g/mol. The van der Waals surface area contributed by atoms with E-state index in [1.807, 2.05) is 57.2 Å². The number of likely N-dealkylation sites (tertiary alicyclic amines) is 1. The van der Waals surface area contributed by atoms with E-state index in [4.69, 9.17) is 4.74 Å². The third kappa shape index (κ3) is 7.39. The molecule has 12 nitrogen and oxygen atoms in total. The van der Waals surface area contributed by atoms with E-state index in [9.17, 15) is 9.59 Å². The molecule has 0 radical (unpaired) electrons. The molecule has 2 saturated heterocycles. The van der Waals surface area contributed by atoms with Crippen molar-refractivity contribution in [1.29, 1.82) is 0 Å². The zero-order valence-electron chi connectivity index (χ0n) is 27.3. The maximum atomic E-state index is 13.2. The summed E-state index contributed by atoms with van der Waals surface area (Å²) in [6.07, 6.45) is 7.23. The summed E-state index contributed by atoms with van der Waals surface area (Å²) in [5.74, 6) is 0.708. The molecule has 5 heterocycles. The van der Waals surface area contributed by atoms with Crippen molar-refractivity contribution < 1.29 is 14.3 Å². The molecule has 2 aliphatic heterocycles. The number of fused-ring (bicyclic) bond motifs is 1. The summed E-state index contributed by atoms with van der Waals surface area (Å²) in [7, 11) is 0. The molecule has 1 aromatic carbocycles. The van der Waals surface area contributed by atoms with Gasteiger partial charge < -0.3 is 30.6 Å². The number of hydrogen-bond donors (Lipinski definition) is 4. The Balaban J connectivity index is 0.970. The first kappa shape index (κ1) is 31.1. The Bertz CT molecular complexity index is 1760. The third-order valence-corrected chi connectivity index (χ3v) is 9.08. The van der Waals surface area contributed by atoms with Gasteiger partial charge in [0.25, 0.3) is 5.91 Å². The van der Waals surface area contributed by atoms with Crippen LogP contribution in [0.15, 0.2) is 55.0 Å². The number of nitrogens with zero attached hydrogens (tertiary/aromatic N) is 5. The second kappa shape index (κ2) is 12.6. The summed E-state index contributed by atoms with van der Waals surface area (Å²) >= 11 is 0. The lowest BCUT2D eigenvalue weighted by molar-refractivity contribution is 0.0470. The second-order valence-electron chi connectivity index (χ2n) is 14.1.